The summed E-state index contributed by atoms with van der Waals surface area (Å²) in [5, 5.41) is 11.5. The van der Waals surface area contributed by atoms with E-state index < -0.39 is 0 Å². The predicted molar refractivity (Wildman–Crippen MR) is 78.6 cm³/mol. The summed E-state index contributed by atoms with van der Waals surface area (Å²) < 4.78 is 4.94. The molecule has 1 atom stereocenters. The molecule has 0 aromatic carbocycles. The van der Waals surface area contributed by atoms with E-state index in [-0.39, 0.29) is 24.3 Å². The molecule has 0 aromatic rings. The van der Waals surface area contributed by atoms with Crippen LogP contribution in [0.25, 0.3) is 0 Å². The number of hydrogen-bond acceptors (Lipinski definition) is 5. The maximum Gasteiger partial charge on any atom is 0.225 e. The standard InChI is InChI=1S/C13H24N2O4S/c1-19-6-4-15-10-11(9-12(15)17)13(18)14-3-8-20-7-2-5-16/h11,16H,2-10H2,1H3,(H,14,18). The number of carbonyl (C=O) groups is 2. The molecule has 2 N–H and O–H groups in total. The van der Waals surface area contributed by atoms with Gasteiger partial charge in [0.1, 0.15) is 0 Å². The molecule has 0 saturated carbocycles. The van der Waals surface area contributed by atoms with Crippen molar-refractivity contribution < 1.29 is 19.4 Å². The molecule has 1 rings (SSSR count). The molecule has 116 valence electrons. The van der Waals surface area contributed by atoms with Gasteiger partial charge in [-0.3, -0.25) is 9.59 Å². The van der Waals surface area contributed by atoms with E-state index in [1.165, 1.54) is 0 Å². The van der Waals surface area contributed by atoms with Gasteiger partial charge in [0.05, 0.1) is 12.5 Å². The number of aliphatic hydroxyl groups excluding tert-OH is 1. The fraction of sp³-hybridized carbons (Fsp3) is 0.846. The second kappa shape index (κ2) is 10.0. The first-order valence-corrected chi connectivity index (χ1v) is 8.07. The van der Waals surface area contributed by atoms with E-state index in [4.69, 9.17) is 9.84 Å². The zero-order valence-corrected chi connectivity index (χ0v) is 12.8. The van der Waals surface area contributed by atoms with Crippen LogP contribution in [0.3, 0.4) is 0 Å². The van der Waals surface area contributed by atoms with Crippen LogP contribution in [-0.4, -0.2) is 73.3 Å². The first-order valence-electron chi connectivity index (χ1n) is 6.92. The third kappa shape index (κ3) is 6.11. The summed E-state index contributed by atoms with van der Waals surface area (Å²) in [5.41, 5.74) is 0. The number of thioether (sulfide) groups is 1. The largest absolute Gasteiger partial charge is 0.396 e. The molecule has 1 saturated heterocycles. The highest BCUT2D eigenvalue weighted by molar-refractivity contribution is 7.99. The van der Waals surface area contributed by atoms with Gasteiger partial charge in [0.25, 0.3) is 0 Å². The molecule has 0 radical (unpaired) electrons. The number of methoxy groups -OCH3 is 1. The Balaban J connectivity index is 2.16. The Hall–Kier alpha value is -0.790. The Kier molecular flexibility index (Phi) is 8.64. The molecular formula is C13H24N2O4S. The fourth-order valence-corrected chi connectivity index (χ4v) is 2.81. The molecule has 1 fully saturated rings. The zero-order valence-electron chi connectivity index (χ0n) is 12.0. The number of aliphatic hydroxyl groups is 1. The van der Waals surface area contributed by atoms with Crippen molar-refractivity contribution in [1.29, 1.82) is 0 Å². The van der Waals surface area contributed by atoms with Crippen LogP contribution in [-0.2, 0) is 14.3 Å². The molecule has 0 aromatic heterocycles. The smallest absolute Gasteiger partial charge is 0.225 e. The molecule has 1 aliphatic rings. The molecule has 7 heteroatoms. The van der Waals surface area contributed by atoms with E-state index in [9.17, 15) is 9.59 Å². The topological polar surface area (TPSA) is 78.9 Å². The minimum absolute atomic E-state index is 0.0273. The Morgan fingerprint density at radius 1 is 1.55 bits per heavy atom. The first kappa shape index (κ1) is 17.3. The minimum Gasteiger partial charge on any atom is -0.396 e. The summed E-state index contributed by atoms with van der Waals surface area (Å²) in [5.74, 6) is 1.49. The molecule has 1 unspecified atom stereocenters. The van der Waals surface area contributed by atoms with E-state index >= 15 is 0 Å². The molecule has 0 spiro atoms. The lowest BCUT2D eigenvalue weighted by Gasteiger charge is -2.15. The molecule has 0 bridgehead atoms. The van der Waals surface area contributed by atoms with Crippen molar-refractivity contribution in [2.75, 3.05) is 51.5 Å². The quantitative estimate of drug-likeness (QED) is 0.542. The van der Waals surface area contributed by atoms with Crippen LogP contribution in [0.5, 0.6) is 0 Å². The maximum absolute atomic E-state index is 11.9. The molecule has 20 heavy (non-hydrogen) atoms. The van der Waals surface area contributed by atoms with Gasteiger partial charge in [0.2, 0.25) is 11.8 Å². The molecule has 1 aliphatic heterocycles. The van der Waals surface area contributed by atoms with Gasteiger partial charge in [0, 0.05) is 45.5 Å². The Morgan fingerprint density at radius 3 is 3.05 bits per heavy atom. The van der Waals surface area contributed by atoms with Crippen molar-refractivity contribution in [2.24, 2.45) is 5.92 Å². The van der Waals surface area contributed by atoms with Crippen LogP contribution in [0.15, 0.2) is 0 Å². The van der Waals surface area contributed by atoms with Crippen molar-refractivity contribution in [3.05, 3.63) is 0 Å². The van der Waals surface area contributed by atoms with Crippen LogP contribution < -0.4 is 5.32 Å². The average Bonchev–Trinajstić information content (AvgIpc) is 2.81. The van der Waals surface area contributed by atoms with Crippen LogP contribution in [0.1, 0.15) is 12.8 Å². The third-order valence-electron chi connectivity index (χ3n) is 3.14. The van der Waals surface area contributed by atoms with Crippen LogP contribution >= 0.6 is 11.8 Å². The Bertz CT molecular complexity index is 315. The second-order valence-electron chi connectivity index (χ2n) is 4.71. The van der Waals surface area contributed by atoms with E-state index in [1.54, 1.807) is 23.8 Å². The van der Waals surface area contributed by atoms with E-state index in [0.29, 0.717) is 32.7 Å². The number of nitrogens with zero attached hydrogens (tertiary/aromatic N) is 1. The third-order valence-corrected chi connectivity index (χ3v) is 4.21. The number of hydrogen-bond donors (Lipinski definition) is 2. The van der Waals surface area contributed by atoms with Gasteiger partial charge in [-0.1, -0.05) is 0 Å². The highest BCUT2D eigenvalue weighted by Crippen LogP contribution is 2.17. The van der Waals surface area contributed by atoms with Crippen LogP contribution in [0.4, 0.5) is 0 Å². The highest BCUT2D eigenvalue weighted by atomic mass is 32.2. The van der Waals surface area contributed by atoms with Gasteiger partial charge < -0.3 is 20.1 Å². The lowest BCUT2D eigenvalue weighted by molar-refractivity contribution is -0.129. The van der Waals surface area contributed by atoms with Gasteiger partial charge in [-0.2, -0.15) is 11.8 Å². The summed E-state index contributed by atoms with van der Waals surface area (Å²) >= 11 is 1.71. The average molecular weight is 304 g/mol. The van der Waals surface area contributed by atoms with E-state index in [2.05, 4.69) is 5.32 Å². The Morgan fingerprint density at radius 2 is 2.35 bits per heavy atom. The maximum atomic E-state index is 11.9. The molecule has 0 aliphatic carbocycles. The number of carbonyl (C=O) groups excluding carboxylic acids is 2. The van der Waals surface area contributed by atoms with Crippen molar-refractivity contribution in [2.45, 2.75) is 12.8 Å². The number of amides is 2. The summed E-state index contributed by atoms with van der Waals surface area (Å²) in [7, 11) is 1.60. The number of rotatable bonds is 10. The Labute approximate surface area is 124 Å². The number of nitrogens with one attached hydrogen (secondary N) is 1. The lowest BCUT2D eigenvalue weighted by atomic mass is 10.1. The van der Waals surface area contributed by atoms with Gasteiger partial charge in [-0.05, 0) is 12.2 Å². The molecule has 6 nitrogen and oxygen atoms in total. The molecule has 2 amide bonds. The normalized spacial score (nSPS) is 18.6. The van der Waals surface area contributed by atoms with Gasteiger partial charge in [0.15, 0.2) is 0 Å². The van der Waals surface area contributed by atoms with Crippen molar-refractivity contribution in [1.82, 2.24) is 10.2 Å². The molecule has 1 heterocycles. The summed E-state index contributed by atoms with van der Waals surface area (Å²) in [6.45, 7) is 2.36. The predicted octanol–water partition coefficient (Wildman–Crippen LogP) is -0.287. The SMILES string of the molecule is COCCN1CC(C(=O)NCCSCCCO)CC1=O. The second-order valence-corrected chi connectivity index (χ2v) is 5.94. The molecular weight excluding hydrogens is 280 g/mol. The lowest BCUT2D eigenvalue weighted by Crippen LogP contribution is -2.35. The fourth-order valence-electron chi connectivity index (χ4n) is 2.02. The van der Waals surface area contributed by atoms with Crippen molar-refractivity contribution in [3.8, 4) is 0 Å². The summed E-state index contributed by atoms with van der Waals surface area (Å²) in [6.07, 6.45) is 1.08. The van der Waals surface area contributed by atoms with Crippen LogP contribution in [0.2, 0.25) is 0 Å². The van der Waals surface area contributed by atoms with Crippen molar-refractivity contribution >= 4 is 23.6 Å². The zero-order chi connectivity index (χ0) is 14.8. The number of ether oxygens (including phenoxy) is 1. The monoisotopic (exact) mass is 304 g/mol. The van der Waals surface area contributed by atoms with Gasteiger partial charge in [-0.25, -0.2) is 0 Å². The highest BCUT2D eigenvalue weighted by Gasteiger charge is 2.33. The summed E-state index contributed by atoms with van der Waals surface area (Å²) in [6, 6.07) is 0. The first-order chi connectivity index (χ1) is 9.69. The summed E-state index contributed by atoms with van der Waals surface area (Å²) in [4.78, 5) is 25.3. The van der Waals surface area contributed by atoms with E-state index in [1.807, 2.05) is 0 Å². The minimum atomic E-state index is -0.234. The number of likely N-dealkylation sites (tertiary alicyclic amines) is 1. The van der Waals surface area contributed by atoms with Gasteiger partial charge in [-0.15, -0.1) is 0 Å². The van der Waals surface area contributed by atoms with Crippen molar-refractivity contribution in [3.63, 3.8) is 0 Å². The van der Waals surface area contributed by atoms with E-state index in [0.717, 1.165) is 17.9 Å². The van der Waals surface area contributed by atoms with Crippen LogP contribution in [0, 0.1) is 5.92 Å². The van der Waals surface area contributed by atoms with Gasteiger partial charge >= 0.3 is 0 Å².